The second-order valence-corrected chi connectivity index (χ2v) is 5.34. The fourth-order valence-electron chi connectivity index (χ4n) is 2.33. The number of aliphatic hydroxyl groups is 1. The van der Waals surface area contributed by atoms with Crippen LogP contribution in [0.2, 0.25) is 0 Å². The zero-order valence-electron chi connectivity index (χ0n) is 10.1. The summed E-state index contributed by atoms with van der Waals surface area (Å²) in [5, 5.41) is 9.80. The van der Waals surface area contributed by atoms with E-state index in [9.17, 15) is 9.90 Å². The Hall–Kier alpha value is -0.410. The zero-order chi connectivity index (χ0) is 11.5. The van der Waals surface area contributed by atoms with Crippen LogP contribution in [0.4, 0.5) is 0 Å². The topological polar surface area (TPSA) is 40.5 Å². The first-order valence-corrected chi connectivity index (χ1v) is 5.84. The fourth-order valence-corrected chi connectivity index (χ4v) is 2.33. The van der Waals surface area contributed by atoms with Crippen LogP contribution in [0, 0.1) is 0 Å². The summed E-state index contributed by atoms with van der Waals surface area (Å²) in [5.74, 6) is 0.252. The standard InChI is InChI=1S/C12H23NO2/c1-10(14)8-11-6-4-5-7-13(11)9-12(2,3)15/h11,15H,4-9H2,1-3H3. The van der Waals surface area contributed by atoms with Gasteiger partial charge in [0.15, 0.2) is 0 Å². The summed E-state index contributed by atoms with van der Waals surface area (Å²) in [6.45, 7) is 6.99. The average molecular weight is 213 g/mol. The van der Waals surface area contributed by atoms with E-state index in [2.05, 4.69) is 4.90 Å². The third-order valence-corrected chi connectivity index (χ3v) is 2.86. The van der Waals surface area contributed by atoms with Crippen molar-refractivity contribution in [1.29, 1.82) is 0 Å². The Morgan fingerprint density at radius 1 is 1.47 bits per heavy atom. The van der Waals surface area contributed by atoms with Gasteiger partial charge in [-0.05, 0) is 40.2 Å². The summed E-state index contributed by atoms with van der Waals surface area (Å²) in [5.41, 5.74) is -0.660. The Bertz CT molecular complexity index is 220. The van der Waals surface area contributed by atoms with Crippen LogP contribution in [0.3, 0.4) is 0 Å². The third kappa shape index (κ3) is 4.76. The van der Waals surface area contributed by atoms with Crippen LogP contribution < -0.4 is 0 Å². The van der Waals surface area contributed by atoms with Gasteiger partial charge in [0, 0.05) is 19.0 Å². The van der Waals surface area contributed by atoms with Crippen molar-refractivity contribution >= 4 is 5.78 Å². The number of carbonyl (C=O) groups is 1. The molecule has 0 aromatic heterocycles. The number of Topliss-reactive ketones (excluding diaryl/α,β-unsaturated/α-hetero) is 1. The minimum absolute atomic E-state index is 0.252. The Kier molecular flexibility index (Phi) is 4.29. The van der Waals surface area contributed by atoms with Gasteiger partial charge in [-0.2, -0.15) is 0 Å². The number of rotatable bonds is 4. The molecule has 0 aromatic rings. The van der Waals surface area contributed by atoms with Gasteiger partial charge in [0.2, 0.25) is 0 Å². The van der Waals surface area contributed by atoms with E-state index >= 15 is 0 Å². The molecule has 1 rings (SSSR count). The number of likely N-dealkylation sites (tertiary alicyclic amines) is 1. The molecule has 1 saturated heterocycles. The highest BCUT2D eigenvalue weighted by molar-refractivity contribution is 5.76. The number of β-amino-alcohol motifs (C(OH)–C–C–N with tert-alkyl or cyclic N) is 1. The Labute approximate surface area is 92.5 Å². The lowest BCUT2D eigenvalue weighted by Crippen LogP contribution is -2.47. The van der Waals surface area contributed by atoms with Crippen molar-refractivity contribution in [1.82, 2.24) is 4.90 Å². The molecule has 1 heterocycles. The quantitative estimate of drug-likeness (QED) is 0.771. The second-order valence-electron chi connectivity index (χ2n) is 5.34. The molecule has 0 bridgehead atoms. The zero-order valence-corrected chi connectivity index (χ0v) is 10.1. The molecule has 0 aliphatic carbocycles. The Morgan fingerprint density at radius 2 is 2.13 bits per heavy atom. The van der Waals surface area contributed by atoms with Crippen molar-refractivity contribution in [2.75, 3.05) is 13.1 Å². The van der Waals surface area contributed by atoms with Crippen molar-refractivity contribution in [3.8, 4) is 0 Å². The fraction of sp³-hybridized carbons (Fsp3) is 0.917. The Balaban J connectivity index is 2.53. The van der Waals surface area contributed by atoms with E-state index in [1.165, 1.54) is 12.8 Å². The first kappa shape index (κ1) is 12.7. The van der Waals surface area contributed by atoms with E-state index < -0.39 is 5.60 Å². The van der Waals surface area contributed by atoms with Crippen LogP contribution in [0.1, 0.15) is 46.5 Å². The number of carbonyl (C=O) groups excluding carboxylic acids is 1. The summed E-state index contributed by atoms with van der Waals surface area (Å²) < 4.78 is 0. The number of hydrogen-bond acceptors (Lipinski definition) is 3. The van der Waals surface area contributed by atoms with Gasteiger partial charge in [-0.25, -0.2) is 0 Å². The number of nitrogens with zero attached hydrogens (tertiary/aromatic N) is 1. The van der Waals surface area contributed by atoms with Crippen molar-refractivity contribution in [3.05, 3.63) is 0 Å². The molecular formula is C12H23NO2. The highest BCUT2D eigenvalue weighted by atomic mass is 16.3. The largest absolute Gasteiger partial charge is 0.389 e. The van der Waals surface area contributed by atoms with Crippen LogP contribution >= 0.6 is 0 Å². The van der Waals surface area contributed by atoms with E-state index in [4.69, 9.17) is 0 Å². The van der Waals surface area contributed by atoms with Crippen molar-refractivity contribution in [2.24, 2.45) is 0 Å². The lowest BCUT2D eigenvalue weighted by molar-refractivity contribution is -0.119. The van der Waals surface area contributed by atoms with Crippen LogP contribution in [0.25, 0.3) is 0 Å². The van der Waals surface area contributed by atoms with Gasteiger partial charge in [0.1, 0.15) is 5.78 Å². The third-order valence-electron chi connectivity index (χ3n) is 2.86. The van der Waals surface area contributed by atoms with Gasteiger partial charge in [0.05, 0.1) is 5.60 Å². The van der Waals surface area contributed by atoms with Crippen molar-refractivity contribution in [2.45, 2.75) is 58.1 Å². The molecule has 0 radical (unpaired) electrons. The summed E-state index contributed by atoms with van der Waals surface area (Å²) in [4.78, 5) is 13.4. The van der Waals surface area contributed by atoms with E-state index in [1.807, 2.05) is 13.8 Å². The number of piperidine rings is 1. The molecule has 88 valence electrons. The molecule has 0 saturated carbocycles. The normalized spacial score (nSPS) is 24.1. The molecule has 0 spiro atoms. The van der Waals surface area contributed by atoms with Gasteiger partial charge in [0.25, 0.3) is 0 Å². The average Bonchev–Trinajstić information content (AvgIpc) is 2.05. The van der Waals surface area contributed by atoms with Crippen LogP contribution in [-0.4, -0.2) is 40.5 Å². The van der Waals surface area contributed by atoms with Crippen molar-refractivity contribution < 1.29 is 9.90 Å². The van der Waals surface area contributed by atoms with Gasteiger partial charge in [-0.15, -0.1) is 0 Å². The maximum Gasteiger partial charge on any atom is 0.131 e. The second kappa shape index (κ2) is 5.08. The van der Waals surface area contributed by atoms with Gasteiger partial charge >= 0.3 is 0 Å². The molecule has 1 fully saturated rings. The van der Waals surface area contributed by atoms with Crippen LogP contribution in [0.5, 0.6) is 0 Å². The molecule has 1 unspecified atom stereocenters. The maximum atomic E-state index is 11.1. The monoisotopic (exact) mass is 213 g/mol. The minimum Gasteiger partial charge on any atom is -0.389 e. The summed E-state index contributed by atoms with van der Waals surface area (Å²) in [6.07, 6.45) is 4.12. The molecule has 1 N–H and O–H groups in total. The van der Waals surface area contributed by atoms with E-state index in [0.717, 1.165) is 13.0 Å². The first-order chi connectivity index (χ1) is 6.88. The van der Waals surface area contributed by atoms with Gasteiger partial charge < -0.3 is 5.11 Å². The summed E-state index contributed by atoms with van der Waals surface area (Å²) in [6, 6.07) is 0.350. The molecule has 0 amide bonds. The van der Waals surface area contributed by atoms with E-state index in [0.29, 0.717) is 19.0 Å². The Morgan fingerprint density at radius 3 is 2.67 bits per heavy atom. The predicted molar refractivity (Wildman–Crippen MR) is 60.8 cm³/mol. The highest BCUT2D eigenvalue weighted by Crippen LogP contribution is 2.21. The minimum atomic E-state index is -0.660. The lowest BCUT2D eigenvalue weighted by Gasteiger charge is -2.38. The molecule has 3 heteroatoms. The molecular weight excluding hydrogens is 190 g/mol. The number of hydrogen-bond donors (Lipinski definition) is 1. The molecule has 1 aliphatic rings. The van der Waals surface area contributed by atoms with Crippen LogP contribution in [0.15, 0.2) is 0 Å². The number of ketones is 1. The smallest absolute Gasteiger partial charge is 0.131 e. The lowest BCUT2D eigenvalue weighted by atomic mass is 9.96. The molecule has 15 heavy (non-hydrogen) atoms. The maximum absolute atomic E-state index is 11.1. The predicted octanol–water partition coefficient (Wildman–Crippen LogP) is 1.59. The van der Waals surface area contributed by atoms with E-state index in [1.54, 1.807) is 6.92 Å². The van der Waals surface area contributed by atoms with E-state index in [-0.39, 0.29) is 5.78 Å². The first-order valence-electron chi connectivity index (χ1n) is 5.84. The molecule has 1 atom stereocenters. The van der Waals surface area contributed by atoms with Crippen molar-refractivity contribution in [3.63, 3.8) is 0 Å². The summed E-state index contributed by atoms with van der Waals surface area (Å²) in [7, 11) is 0. The van der Waals surface area contributed by atoms with Gasteiger partial charge in [-0.3, -0.25) is 9.69 Å². The SMILES string of the molecule is CC(=O)CC1CCCCN1CC(C)(C)O. The van der Waals surface area contributed by atoms with Gasteiger partial charge in [-0.1, -0.05) is 6.42 Å². The van der Waals surface area contributed by atoms with Crippen LogP contribution in [-0.2, 0) is 4.79 Å². The summed E-state index contributed by atoms with van der Waals surface area (Å²) >= 11 is 0. The molecule has 1 aliphatic heterocycles. The highest BCUT2D eigenvalue weighted by Gasteiger charge is 2.27. The molecule has 0 aromatic carbocycles. The molecule has 3 nitrogen and oxygen atoms in total.